The highest BCUT2D eigenvalue weighted by atomic mass is 16.5. The Bertz CT molecular complexity index is 444. The quantitative estimate of drug-likeness (QED) is 0.774. The Labute approximate surface area is 113 Å². The highest BCUT2D eigenvalue weighted by molar-refractivity contribution is 5.81. The summed E-state index contributed by atoms with van der Waals surface area (Å²) in [4.78, 5) is 25.2. The number of rotatable bonds is 4. The molecule has 2 rings (SSSR count). The summed E-state index contributed by atoms with van der Waals surface area (Å²) in [7, 11) is 1.40. The molecule has 0 N–H and O–H groups in total. The predicted octanol–water partition coefficient (Wildman–Crippen LogP) is 1.64. The largest absolute Gasteiger partial charge is 0.469 e. The van der Waals surface area contributed by atoms with Gasteiger partial charge in [-0.1, -0.05) is 30.3 Å². The summed E-state index contributed by atoms with van der Waals surface area (Å²) in [6, 6.07) is 10.1. The zero-order valence-corrected chi connectivity index (χ0v) is 11.2. The molecule has 0 saturated carbocycles. The second-order valence-electron chi connectivity index (χ2n) is 4.83. The lowest BCUT2D eigenvalue weighted by molar-refractivity contribution is -0.150. The molecule has 1 atom stereocenters. The van der Waals surface area contributed by atoms with E-state index in [0.29, 0.717) is 25.9 Å². The number of esters is 1. The van der Waals surface area contributed by atoms with E-state index in [1.807, 2.05) is 30.3 Å². The van der Waals surface area contributed by atoms with E-state index in [1.54, 1.807) is 4.90 Å². The van der Waals surface area contributed by atoms with Gasteiger partial charge >= 0.3 is 5.97 Å². The Morgan fingerprint density at radius 2 is 2.11 bits per heavy atom. The minimum Gasteiger partial charge on any atom is -0.469 e. The fraction of sp³-hybridized carbons (Fsp3) is 0.467. The number of piperidine rings is 1. The van der Waals surface area contributed by atoms with Gasteiger partial charge in [-0.2, -0.15) is 0 Å². The van der Waals surface area contributed by atoms with Gasteiger partial charge in [-0.15, -0.1) is 0 Å². The standard InChI is InChI=1S/C15H19NO3/c1-19-15(18)13-7-8-14(17)16(11-13)10-9-12-5-3-2-4-6-12/h2-6,13H,7-11H2,1H3/t13-/m0/s1. The van der Waals surface area contributed by atoms with Crippen molar-refractivity contribution in [3.63, 3.8) is 0 Å². The van der Waals surface area contributed by atoms with Gasteiger partial charge in [-0.25, -0.2) is 0 Å². The fourth-order valence-electron chi connectivity index (χ4n) is 2.40. The molecule has 19 heavy (non-hydrogen) atoms. The van der Waals surface area contributed by atoms with Crippen LogP contribution in [-0.2, 0) is 20.7 Å². The SMILES string of the molecule is COC(=O)[C@H]1CCC(=O)N(CCc2ccccc2)C1. The van der Waals surface area contributed by atoms with Crippen LogP contribution in [0.3, 0.4) is 0 Å². The summed E-state index contributed by atoms with van der Waals surface area (Å²) in [5.41, 5.74) is 1.20. The molecule has 1 aliphatic heterocycles. The molecular weight excluding hydrogens is 242 g/mol. The van der Waals surface area contributed by atoms with Crippen molar-refractivity contribution < 1.29 is 14.3 Å². The Morgan fingerprint density at radius 3 is 2.79 bits per heavy atom. The van der Waals surface area contributed by atoms with Crippen molar-refractivity contribution in [2.75, 3.05) is 20.2 Å². The average molecular weight is 261 g/mol. The van der Waals surface area contributed by atoms with E-state index < -0.39 is 0 Å². The Morgan fingerprint density at radius 1 is 1.37 bits per heavy atom. The number of benzene rings is 1. The maximum Gasteiger partial charge on any atom is 0.310 e. The van der Waals surface area contributed by atoms with Crippen molar-refractivity contribution in [2.45, 2.75) is 19.3 Å². The number of nitrogens with zero attached hydrogens (tertiary/aromatic N) is 1. The van der Waals surface area contributed by atoms with Crippen LogP contribution in [0.1, 0.15) is 18.4 Å². The highest BCUT2D eigenvalue weighted by Crippen LogP contribution is 2.19. The number of carbonyl (C=O) groups excluding carboxylic acids is 2. The molecule has 1 aromatic rings. The van der Waals surface area contributed by atoms with Crippen molar-refractivity contribution in [1.29, 1.82) is 0 Å². The molecular formula is C15H19NO3. The zero-order valence-electron chi connectivity index (χ0n) is 11.2. The van der Waals surface area contributed by atoms with E-state index in [2.05, 4.69) is 0 Å². The number of ether oxygens (including phenoxy) is 1. The van der Waals surface area contributed by atoms with E-state index in [9.17, 15) is 9.59 Å². The maximum absolute atomic E-state index is 11.8. The minimum atomic E-state index is -0.211. The van der Waals surface area contributed by atoms with E-state index in [0.717, 1.165) is 6.42 Å². The van der Waals surface area contributed by atoms with Crippen LogP contribution in [0.2, 0.25) is 0 Å². The molecule has 1 amide bonds. The van der Waals surface area contributed by atoms with E-state index >= 15 is 0 Å². The van der Waals surface area contributed by atoms with E-state index in [4.69, 9.17) is 4.74 Å². The second-order valence-corrected chi connectivity index (χ2v) is 4.83. The molecule has 1 fully saturated rings. The van der Waals surface area contributed by atoms with Gasteiger partial charge in [0.25, 0.3) is 0 Å². The first-order valence-corrected chi connectivity index (χ1v) is 6.60. The third kappa shape index (κ3) is 3.56. The third-order valence-electron chi connectivity index (χ3n) is 3.55. The van der Waals surface area contributed by atoms with E-state index in [-0.39, 0.29) is 17.8 Å². The maximum atomic E-state index is 11.8. The molecule has 1 aromatic carbocycles. The summed E-state index contributed by atoms with van der Waals surface area (Å²) in [5.74, 6) is -0.244. The third-order valence-corrected chi connectivity index (χ3v) is 3.55. The summed E-state index contributed by atoms with van der Waals surface area (Å²) in [6.45, 7) is 1.15. The molecule has 4 nitrogen and oxygen atoms in total. The van der Waals surface area contributed by atoms with Gasteiger partial charge in [0.05, 0.1) is 13.0 Å². The normalized spacial score (nSPS) is 19.3. The molecule has 0 unspecified atom stereocenters. The minimum absolute atomic E-state index is 0.135. The van der Waals surface area contributed by atoms with Crippen LogP contribution in [0.5, 0.6) is 0 Å². The van der Waals surface area contributed by atoms with Gasteiger partial charge < -0.3 is 9.64 Å². The second kappa shape index (κ2) is 6.36. The van der Waals surface area contributed by atoms with Crippen LogP contribution >= 0.6 is 0 Å². The van der Waals surface area contributed by atoms with Gasteiger partial charge in [-0.05, 0) is 18.4 Å². The number of hydrogen-bond donors (Lipinski definition) is 0. The first-order chi connectivity index (χ1) is 9.20. The molecule has 102 valence electrons. The molecule has 0 aliphatic carbocycles. The predicted molar refractivity (Wildman–Crippen MR) is 71.5 cm³/mol. The van der Waals surface area contributed by atoms with Gasteiger partial charge in [0, 0.05) is 19.5 Å². The van der Waals surface area contributed by atoms with Gasteiger partial charge in [0.2, 0.25) is 5.91 Å². The summed E-state index contributed by atoms with van der Waals surface area (Å²) < 4.78 is 4.76. The van der Waals surface area contributed by atoms with Crippen molar-refractivity contribution in [2.24, 2.45) is 5.92 Å². The summed E-state index contributed by atoms with van der Waals surface area (Å²) in [5, 5.41) is 0. The summed E-state index contributed by atoms with van der Waals surface area (Å²) in [6.07, 6.45) is 1.86. The van der Waals surface area contributed by atoms with Crippen LogP contribution in [0, 0.1) is 5.92 Å². The van der Waals surface area contributed by atoms with Crippen LogP contribution in [0.25, 0.3) is 0 Å². The molecule has 1 heterocycles. The number of methoxy groups -OCH3 is 1. The summed E-state index contributed by atoms with van der Waals surface area (Å²) >= 11 is 0. The molecule has 0 radical (unpaired) electrons. The van der Waals surface area contributed by atoms with Crippen molar-refractivity contribution in [3.05, 3.63) is 35.9 Å². The molecule has 0 bridgehead atoms. The number of amides is 1. The van der Waals surface area contributed by atoms with Gasteiger partial charge in [0.1, 0.15) is 0 Å². The molecule has 4 heteroatoms. The topological polar surface area (TPSA) is 46.6 Å². The lowest BCUT2D eigenvalue weighted by Crippen LogP contribution is -2.43. The molecule has 1 saturated heterocycles. The Balaban J connectivity index is 1.91. The van der Waals surface area contributed by atoms with Gasteiger partial charge in [-0.3, -0.25) is 9.59 Å². The van der Waals surface area contributed by atoms with Gasteiger partial charge in [0.15, 0.2) is 0 Å². The fourth-order valence-corrected chi connectivity index (χ4v) is 2.40. The number of carbonyl (C=O) groups is 2. The highest BCUT2D eigenvalue weighted by Gasteiger charge is 2.30. The van der Waals surface area contributed by atoms with Crippen molar-refractivity contribution in [1.82, 2.24) is 4.90 Å². The van der Waals surface area contributed by atoms with Crippen LogP contribution < -0.4 is 0 Å². The van der Waals surface area contributed by atoms with Crippen LogP contribution in [0.15, 0.2) is 30.3 Å². The lowest BCUT2D eigenvalue weighted by atomic mass is 9.97. The molecule has 0 aromatic heterocycles. The lowest BCUT2D eigenvalue weighted by Gasteiger charge is -2.31. The number of hydrogen-bond acceptors (Lipinski definition) is 3. The number of likely N-dealkylation sites (tertiary alicyclic amines) is 1. The Hall–Kier alpha value is -1.84. The Kier molecular flexibility index (Phi) is 4.55. The zero-order chi connectivity index (χ0) is 13.7. The first-order valence-electron chi connectivity index (χ1n) is 6.60. The van der Waals surface area contributed by atoms with Crippen molar-refractivity contribution >= 4 is 11.9 Å². The molecule has 0 spiro atoms. The monoisotopic (exact) mass is 261 g/mol. The van der Waals surface area contributed by atoms with E-state index in [1.165, 1.54) is 12.7 Å². The smallest absolute Gasteiger partial charge is 0.310 e. The van der Waals surface area contributed by atoms with Crippen LogP contribution in [0.4, 0.5) is 0 Å². The average Bonchev–Trinajstić information content (AvgIpc) is 2.46. The van der Waals surface area contributed by atoms with Crippen LogP contribution in [-0.4, -0.2) is 37.0 Å². The first kappa shape index (κ1) is 13.6. The van der Waals surface area contributed by atoms with Crippen molar-refractivity contribution in [3.8, 4) is 0 Å². The molecule has 1 aliphatic rings.